The van der Waals surface area contributed by atoms with Gasteiger partial charge in [-0.2, -0.15) is 0 Å². The highest BCUT2D eigenvalue weighted by Gasteiger charge is 2.18. The summed E-state index contributed by atoms with van der Waals surface area (Å²) in [7, 11) is 1.63. The monoisotopic (exact) mass is 428 g/mol. The Bertz CT molecular complexity index is 933. The van der Waals surface area contributed by atoms with Crippen LogP contribution in [0, 0.1) is 0 Å². The van der Waals surface area contributed by atoms with Crippen LogP contribution < -0.4 is 15.4 Å². The number of amides is 1. The van der Waals surface area contributed by atoms with E-state index >= 15 is 0 Å². The van der Waals surface area contributed by atoms with Gasteiger partial charge in [-0.15, -0.1) is 10.2 Å². The summed E-state index contributed by atoms with van der Waals surface area (Å²) in [5, 5.41) is 15.0. The first kappa shape index (κ1) is 21.1. The van der Waals surface area contributed by atoms with Crippen LogP contribution in [-0.4, -0.2) is 35.0 Å². The minimum absolute atomic E-state index is 0.00720. The lowest BCUT2D eigenvalue weighted by Crippen LogP contribution is -2.33. The van der Waals surface area contributed by atoms with E-state index in [1.807, 2.05) is 49.4 Å². The summed E-state index contributed by atoms with van der Waals surface area (Å²) in [6.45, 7) is 4.58. The number of anilines is 2. The van der Waals surface area contributed by atoms with Crippen molar-refractivity contribution in [1.29, 1.82) is 0 Å². The number of benzene rings is 2. The van der Waals surface area contributed by atoms with Gasteiger partial charge in [0.1, 0.15) is 5.75 Å². The van der Waals surface area contributed by atoms with Gasteiger partial charge in [-0.05, 0) is 30.5 Å². The van der Waals surface area contributed by atoms with Crippen molar-refractivity contribution < 1.29 is 9.53 Å². The number of hydrogen-bond donors (Lipinski definition) is 2. The van der Waals surface area contributed by atoms with Crippen molar-refractivity contribution in [2.75, 3.05) is 19.0 Å². The maximum absolute atomic E-state index is 12.5. The molecule has 1 amide bonds. The highest BCUT2D eigenvalue weighted by molar-refractivity contribution is 8.02. The first-order valence-electron chi connectivity index (χ1n) is 9.29. The molecule has 2 unspecified atom stereocenters. The van der Waals surface area contributed by atoms with Crippen molar-refractivity contribution in [1.82, 2.24) is 15.5 Å². The van der Waals surface area contributed by atoms with Crippen LogP contribution in [0.2, 0.25) is 0 Å². The summed E-state index contributed by atoms with van der Waals surface area (Å²) >= 11 is 2.81. The number of thioether (sulfide) groups is 1. The van der Waals surface area contributed by atoms with Crippen LogP contribution in [0.3, 0.4) is 0 Å². The molecule has 0 fully saturated rings. The highest BCUT2D eigenvalue weighted by atomic mass is 32.2. The van der Waals surface area contributed by atoms with Gasteiger partial charge in [0.15, 0.2) is 4.34 Å². The number of methoxy groups -OCH3 is 1. The van der Waals surface area contributed by atoms with E-state index in [2.05, 4.69) is 39.9 Å². The van der Waals surface area contributed by atoms with Crippen molar-refractivity contribution in [3.63, 3.8) is 0 Å². The molecule has 0 aliphatic heterocycles. The van der Waals surface area contributed by atoms with Gasteiger partial charge >= 0.3 is 0 Å². The zero-order valence-corrected chi connectivity index (χ0v) is 18.2. The van der Waals surface area contributed by atoms with E-state index in [1.54, 1.807) is 7.11 Å². The van der Waals surface area contributed by atoms with E-state index in [0.717, 1.165) is 15.8 Å². The predicted octanol–water partition coefficient (Wildman–Crippen LogP) is 4.69. The second-order valence-electron chi connectivity index (χ2n) is 6.52. The van der Waals surface area contributed by atoms with Crippen molar-refractivity contribution in [2.24, 2.45) is 0 Å². The largest absolute Gasteiger partial charge is 0.495 e. The molecule has 3 aromatic rings. The lowest BCUT2D eigenvalue weighted by atomic mass is 10.0. The highest BCUT2D eigenvalue weighted by Crippen LogP contribution is 2.33. The molecule has 152 valence electrons. The van der Waals surface area contributed by atoms with Gasteiger partial charge in [-0.3, -0.25) is 4.79 Å². The molecule has 0 saturated heterocycles. The molecule has 0 radical (unpaired) electrons. The molecule has 0 bridgehead atoms. The van der Waals surface area contributed by atoms with Crippen molar-refractivity contribution in [3.05, 3.63) is 60.2 Å². The quantitative estimate of drug-likeness (QED) is 0.482. The van der Waals surface area contributed by atoms with Crippen molar-refractivity contribution in [2.45, 2.75) is 29.4 Å². The Morgan fingerprint density at radius 2 is 1.83 bits per heavy atom. The number of carbonyl (C=O) groups is 1. The fourth-order valence-electron chi connectivity index (χ4n) is 2.67. The third-order valence-electron chi connectivity index (χ3n) is 4.35. The summed E-state index contributed by atoms with van der Waals surface area (Å²) < 4.78 is 6.07. The maximum atomic E-state index is 12.5. The molecule has 3 rings (SSSR count). The molecule has 8 heteroatoms. The smallest absolute Gasteiger partial charge is 0.233 e. The Morgan fingerprint density at radius 1 is 1.10 bits per heavy atom. The number of carbonyl (C=O) groups excluding carboxylic acids is 1. The van der Waals surface area contributed by atoms with Crippen LogP contribution in [-0.2, 0) is 4.79 Å². The number of nitrogens with one attached hydrogen (secondary N) is 2. The number of nitrogens with zero attached hydrogens (tertiary/aromatic N) is 2. The van der Waals surface area contributed by atoms with E-state index < -0.39 is 0 Å². The topological polar surface area (TPSA) is 76.1 Å². The Labute approximate surface area is 179 Å². The van der Waals surface area contributed by atoms with Gasteiger partial charge in [0.25, 0.3) is 0 Å². The molecule has 2 aromatic carbocycles. The Balaban J connectivity index is 1.51. The van der Waals surface area contributed by atoms with E-state index in [9.17, 15) is 4.79 Å². The number of hydrogen-bond acceptors (Lipinski definition) is 7. The second-order valence-corrected chi connectivity index (χ2v) is 9.08. The van der Waals surface area contributed by atoms with Crippen LogP contribution in [0.4, 0.5) is 10.8 Å². The summed E-state index contributed by atoms with van der Waals surface area (Å²) in [5.41, 5.74) is 2.03. The van der Waals surface area contributed by atoms with Crippen molar-refractivity contribution >= 4 is 39.8 Å². The molecule has 1 aromatic heterocycles. The molecule has 0 saturated carbocycles. The summed E-state index contributed by atoms with van der Waals surface area (Å²) in [6.07, 6.45) is 0. The van der Waals surface area contributed by atoms with Gasteiger partial charge in [0, 0.05) is 6.54 Å². The van der Waals surface area contributed by atoms with Gasteiger partial charge in [-0.25, -0.2) is 0 Å². The van der Waals surface area contributed by atoms with Gasteiger partial charge in [-0.1, -0.05) is 72.5 Å². The van der Waals surface area contributed by atoms with Gasteiger partial charge in [0.05, 0.1) is 18.0 Å². The SMILES string of the molecule is COc1ccccc1Nc1nnc(SC(C)C(=O)NCC(C)c2ccccc2)s1. The second kappa shape index (κ2) is 10.3. The maximum Gasteiger partial charge on any atom is 0.233 e. The lowest BCUT2D eigenvalue weighted by molar-refractivity contribution is -0.120. The van der Waals surface area contributed by atoms with Gasteiger partial charge in [0.2, 0.25) is 11.0 Å². The average Bonchev–Trinajstić information content (AvgIpc) is 3.19. The Hall–Kier alpha value is -2.58. The number of aromatic nitrogens is 2. The van der Waals surface area contributed by atoms with E-state index in [1.165, 1.54) is 28.7 Å². The summed E-state index contributed by atoms with van der Waals surface area (Å²) in [4.78, 5) is 12.5. The van der Waals surface area contributed by atoms with Gasteiger partial charge < -0.3 is 15.4 Å². The van der Waals surface area contributed by atoms with Crippen molar-refractivity contribution in [3.8, 4) is 5.75 Å². The molecule has 1 heterocycles. The Morgan fingerprint density at radius 3 is 2.59 bits per heavy atom. The molecule has 2 N–H and O–H groups in total. The fraction of sp³-hybridized carbons (Fsp3) is 0.286. The molecule has 6 nitrogen and oxygen atoms in total. The molecular weight excluding hydrogens is 404 g/mol. The molecule has 29 heavy (non-hydrogen) atoms. The van der Waals surface area contributed by atoms with Crippen LogP contribution in [0.25, 0.3) is 0 Å². The predicted molar refractivity (Wildman–Crippen MR) is 119 cm³/mol. The minimum Gasteiger partial charge on any atom is -0.495 e. The number of para-hydroxylation sites is 2. The van der Waals surface area contributed by atoms with E-state index in [-0.39, 0.29) is 17.1 Å². The number of ether oxygens (including phenoxy) is 1. The average molecular weight is 429 g/mol. The molecule has 0 aliphatic rings. The van der Waals surface area contributed by atoms with Crippen LogP contribution in [0.15, 0.2) is 58.9 Å². The molecule has 0 spiro atoms. The summed E-state index contributed by atoms with van der Waals surface area (Å²) in [6, 6.07) is 17.8. The zero-order valence-electron chi connectivity index (χ0n) is 16.6. The first-order chi connectivity index (χ1) is 14.1. The Kier molecular flexibility index (Phi) is 7.48. The molecule has 0 aliphatic carbocycles. The normalized spacial score (nSPS) is 12.8. The standard InChI is InChI=1S/C21H24N4O2S2/c1-14(16-9-5-4-6-10-16)13-22-19(26)15(2)28-21-25-24-20(29-21)23-17-11-7-8-12-18(17)27-3/h4-12,14-15H,13H2,1-3H3,(H,22,26)(H,23,24). The third-order valence-corrected chi connectivity index (χ3v) is 6.38. The van der Waals surface area contributed by atoms with Crippen LogP contribution in [0.5, 0.6) is 5.75 Å². The molecule has 2 atom stereocenters. The first-order valence-corrected chi connectivity index (χ1v) is 11.0. The lowest BCUT2D eigenvalue weighted by Gasteiger charge is -2.15. The summed E-state index contributed by atoms with van der Waals surface area (Å²) in [5.74, 6) is 0.986. The minimum atomic E-state index is -0.259. The zero-order chi connectivity index (χ0) is 20.6. The third kappa shape index (κ3) is 5.95. The van der Waals surface area contributed by atoms with Crippen LogP contribution >= 0.6 is 23.1 Å². The van der Waals surface area contributed by atoms with E-state index in [0.29, 0.717) is 11.7 Å². The number of rotatable bonds is 9. The van der Waals surface area contributed by atoms with E-state index in [4.69, 9.17) is 4.74 Å². The molecular formula is C21H24N4O2S2. The fourth-order valence-corrected chi connectivity index (χ4v) is 4.61. The van der Waals surface area contributed by atoms with Crippen LogP contribution in [0.1, 0.15) is 25.3 Å².